The van der Waals surface area contributed by atoms with Gasteiger partial charge in [-0.05, 0) is 57.3 Å². The summed E-state index contributed by atoms with van der Waals surface area (Å²) in [6.45, 7) is 6.02. The molecule has 3 unspecified atom stereocenters. The van der Waals surface area contributed by atoms with Crippen molar-refractivity contribution in [1.82, 2.24) is 10.3 Å². The molecule has 4 nitrogen and oxygen atoms in total. The van der Waals surface area contributed by atoms with Gasteiger partial charge in [0.2, 0.25) is 0 Å². The highest BCUT2D eigenvalue weighted by Crippen LogP contribution is 2.40. The summed E-state index contributed by atoms with van der Waals surface area (Å²) in [6.07, 6.45) is 5.96. The number of nitrogens with one attached hydrogen (secondary N) is 1. The predicted octanol–water partition coefficient (Wildman–Crippen LogP) is 1.57. The Kier molecular flexibility index (Phi) is 4.71. The van der Waals surface area contributed by atoms with Gasteiger partial charge in [0.1, 0.15) is 0 Å². The second-order valence-corrected chi connectivity index (χ2v) is 7.42. The van der Waals surface area contributed by atoms with Gasteiger partial charge in [-0.3, -0.25) is 10.1 Å². The highest BCUT2D eigenvalue weighted by atomic mass is 32.2. The zero-order valence-electron chi connectivity index (χ0n) is 11.6. The van der Waals surface area contributed by atoms with Gasteiger partial charge in [-0.25, -0.2) is 4.21 Å². The quantitative estimate of drug-likeness (QED) is 0.880. The summed E-state index contributed by atoms with van der Waals surface area (Å²) in [7, 11) is -1.36. The van der Waals surface area contributed by atoms with Gasteiger partial charge < -0.3 is 5.32 Å². The highest BCUT2D eigenvalue weighted by molar-refractivity contribution is 7.84. The molecular weight excluding hydrogens is 258 g/mol. The first kappa shape index (κ1) is 14.6. The molecule has 106 valence electrons. The largest absolute Gasteiger partial charge is 0.316 e. The van der Waals surface area contributed by atoms with Crippen LogP contribution >= 0.6 is 0 Å². The first-order valence-electron chi connectivity index (χ1n) is 6.80. The van der Waals surface area contributed by atoms with Crippen LogP contribution in [0.1, 0.15) is 38.2 Å². The standard InChI is InChI=1S/C14H23N3OS/c1-14(2,19(15)18)13(11-5-3-7-16-9-11)12-6-4-8-17-10-12/h3,5,7,9,12-13,17H,4,6,8,10,15H2,1-2H3. The lowest BCUT2D eigenvalue weighted by Gasteiger charge is -2.39. The SMILES string of the molecule is CC(C)(C(c1cccnc1)C1CCCNC1)S(N)=O. The van der Waals surface area contributed by atoms with Crippen molar-refractivity contribution in [2.24, 2.45) is 11.1 Å². The van der Waals surface area contributed by atoms with Crippen LogP contribution in [0.15, 0.2) is 24.5 Å². The van der Waals surface area contributed by atoms with Crippen molar-refractivity contribution < 1.29 is 4.21 Å². The fraction of sp³-hybridized carbons (Fsp3) is 0.643. The Hall–Kier alpha value is -0.780. The summed E-state index contributed by atoms with van der Waals surface area (Å²) in [6, 6.07) is 4.01. The lowest BCUT2D eigenvalue weighted by atomic mass is 9.75. The lowest BCUT2D eigenvalue weighted by Crippen LogP contribution is -2.46. The molecule has 3 atom stereocenters. The number of nitrogens with two attached hydrogens (primary N) is 1. The number of hydrogen-bond acceptors (Lipinski definition) is 3. The molecule has 0 saturated carbocycles. The van der Waals surface area contributed by atoms with Gasteiger partial charge in [0.15, 0.2) is 0 Å². The van der Waals surface area contributed by atoms with Crippen molar-refractivity contribution in [2.45, 2.75) is 37.4 Å². The number of pyridine rings is 1. The Balaban J connectivity index is 2.35. The summed E-state index contributed by atoms with van der Waals surface area (Å²) >= 11 is 0. The van der Waals surface area contributed by atoms with Crippen LogP contribution in [0, 0.1) is 5.92 Å². The van der Waals surface area contributed by atoms with E-state index in [0.717, 1.165) is 31.5 Å². The minimum absolute atomic E-state index is 0.167. The first-order chi connectivity index (χ1) is 9.03. The van der Waals surface area contributed by atoms with Crippen LogP contribution in [0.3, 0.4) is 0 Å². The number of piperidine rings is 1. The minimum Gasteiger partial charge on any atom is -0.316 e. The highest BCUT2D eigenvalue weighted by Gasteiger charge is 2.40. The summed E-state index contributed by atoms with van der Waals surface area (Å²) in [5.74, 6) is 0.625. The maximum Gasteiger partial charge on any atom is 0.0951 e. The van der Waals surface area contributed by atoms with E-state index in [1.165, 1.54) is 0 Å². The van der Waals surface area contributed by atoms with Crippen LogP contribution in [0.5, 0.6) is 0 Å². The summed E-state index contributed by atoms with van der Waals surface area (Å²) in [5.41, 5.74) is 1.14. The van der Waals surface area contributed by atoms with E-state index in [1.54, 1.807) is 6.20 Å². The average molecular weight is 281 g/mol. The zero-order chi connectivity index (χ0) is 13.9. The molecule has 1 aliphatic rings. The van der Waals surface area contributed by atoms with E-state index in [9.17, 15) is 4.21 Å². The molecule has 1 fully saturated rings. The van der Waals surface area contributed by atoms with Crippen LogP contribution in [0.25, 0.3) is 0 Å². The van der Waals surface area contributed by atoms with Crippen molar-refractivity contribution in [2.75, 3.05) is 13.1 Å². The molecule has 0 spiro atoms. The van der Waals surface area contributed by atoms with E-state index in [0.29, 0.717) is 5.92 Å². The third kappa shape index (κ3) is 3.22. The second-order valence-electron chi connectivity index (χ2n) is 5.77. The van der Waals surface area contributed by atoms with Crippen molar-refractivity contribution in [3.8, 4) is 0 Å². The van der Waals surface area contributed by atoms with Crippen molar-refractivity contribution >= 4 is 11.0 Å². The maximum atomic E-state index is 12.0. The van der Waals surface area contributed by atoms with E-state index >= 15 is 0 Å². The van der Waals surface area contributed by atoms with Gasteiger partial charge in [0, 0.05) is 18.3 Å². The molecule has 3 N–H and O–H groups in total. The topological polar surface area (TPSA) is 68.0 Å². The minimum atomic E-state index is -1.36. The summed E-state index contributed by atoms with van der Waals surface area (Å²) in [4.78, 5) is 4.21. The van der Waals surface area contributed by atoms with Gasteiger partial charge in [-0.2, -0.15) is 0 Å². The molecule has 0 aliphatic carbocycles. The summed E-state index contributed by atoms with van der Waals surface area (Å²) < 4.78 is 11.5. The molecule has 1 saturated heterocycles. The second kappa shape index (κ2) is 6.11. The van der Waals surface area contributed by atoms with E-state index in [4.69, 9.17) is 5.14 Å². The monoisotopic (exact) mass is 281 g/mol. The lowest BCUT2D eigenvalue weighted by molar-refractivity contribution is 0.287. The number of hydrogen-bond donors (Lipinski definition) is 2. The predicted molar refractivity (Wildman–Crippen MR) is 79.0 cm³/mol. The third-order valence-electron chi connectivity index (χ3n) is 4.12. The fourth-order valence-corrected chi connectivity index (χ4v) is 3.67. The van der Waals surface area contributed by atoms with Crippen LogP contribution < -0.4 is 10.5 Å². The molecule has 0 radical (unpaired) electrons. The fourth-order valence-electron chi connectivity index (χ4n) is 3.09. The van der Waals surface area contributed by atoms with Crippen LogP contribution in [-0.4, -0.2) is 27.0 Å². The normalized spacial score (nSPS) is 23.8. The molecule has 1 aromatic rings. The van der Waals surface area contributed by atoms with Crippen molar-refractivity contribution in [1.29, 1.82) is 0 Å². The van der Waals surface area contributed by atoms with Gasteiger partial charge in [0.25, 0.3) is 0 Å². The van der Waals surface area contributed by atoms with E-state index < -0.39 is 15.7 Å². The molecule has 0 amide bonds. The van der Waals surface area contributed by atoms with Gasteiger partial charge in [-0.1, -0.05) is 6.07 Å². The van der Waals surface area contributed by atoms with Gasteiger partial charge in [-0.15, -0.1) is 0 Å². The Bertz CT molecular complexity index is 430. The molecule has 0 bridgehead atoms. The number of rotatable bonds is 4. The molecule has 1 aromatic heterocycles. The van der Waals surface area contributed by atoms with Crippen LogP contribution in [-0.2, 0) is 11.0 Å². The Morgan fingerprint density at radius 1 is 1.58 bits per heavy atom. The van der Waals surface area contributed by atoms with Gasteiger partial charge in [0.05, 0.1) is 15.7 Å². The zero-order valence-corrected chi connectivity index (χ0v) is 12.5. The smallest absolute Gasteiger partial charge is 0.0951 e. The van der Waals surface area contributed by atoms with Crippen LogP contribution in [0.4, 0.5) is 0 Å². The number of nitrogens with zero attached hydrogens (tertiary/aromatic N) is 1. The molecule has 5 heteroatoms. The molecule has 1 aliphatic heterocycles. The van der Waals surface area contributed by atoms with E-state index in [1.807, 2.05) is 26.1 Å². The molecule has 2 heterocycles. The Labute approximate surface area is 117 Å². The molecule has 19 heavy (non-hydrogen) atoms. The van der Waals surface area contributed by atoms with Crippen LogP contribution in [0.2, 0.25) is 0 Å². The Morgan fingerprint density at radius 3 is 2.89 bits per heavy atom. The molecule has 2 rings (SSSR count). The van der Waals surface area contributed by atoms with Crippen molar-refractivity contribution in [3.05, 3.63) is 30.1 Å². The molecular formula is C14H23N3OS. The summed E-state index contributed by atoms with van der Waals surface area (Å²) in [5, 5.41) is 9.18. The van der Waals surface area contributed by atoms with E-state index in [-0.39, 0.29) is 5.92 Å². The maximum absolute atomic E-state index is 12.0. The third-order valence-corrected chi connectivity index (χ3v) is 5.41. The first-order valence-corrected chi connectivity index (χ1v) is 8.01. The molecule has 0 aromatic carbocycles. The average Bonchev–Trinajstić information content (AvgIpc) is 2.41. The van der Waals surface area contributed by atoms with E-state index in [2.05, 4.69) is 16.4 Å². The van der Waals surface area contributed by atoms with Gasteiger partial charge >= 0.3 is 0 Å². The van der Waals surface area contributed by atoms with Crippen molar-refractivity contribution in [3.63, 3.8) is 0 Å². The number of aromatic nitrogens is 1. The Morgan fingerprint density at radius 2 is 2.37 bits per heavy atom.